The Hall–Kier alpha value is -3.80. The van der Waals surface area contributed by atoms with Crippen LogP contribution in [-0.2, 0) is 11.3 Å². The minimum atomic E-state index is -0.588. The average molecular weight is 389 g/mol. The Morgan fingerprint density at radius 3 is 2.38 bits per heavy atom. The van der Waals surface area contributed by atoms with Crippen molar-refractivity contribution < 1.29 is 14.3 Å². The predicted molar refractivity (Wildman–Crippen MR) is 115 cm³/mol. The van der Waals surface area contributed by atoms with Crippen molar-refractivity contribution in [3.63, 3.8) is 0 Å². The first-order chi connectivity index (χ1) is 14.1. The molecule has 0 saturated heterocycles. The maximum atomic E-state index is 12.8. The van der Waals surface area contributed by atoms with E-state index in [9.17, 15) is 9.59 Å². The molecular weight excluding hydrogens is 366 g/mol. The molecule has 3 aromatic carbocycles. The summed E-state index contributed by atoms with van der Waals surface area (Å²) in [7, 11) is 3.27. The molecule has 0 aliphatic heterocycles. The third-order valence-corrected chi connectivity index (χ3v) is 4.38. The molecule has 0 aromatic heterocycles. The van der Waals surface area contributed by atoms with E-state index in [2.05, 4.69) is 32.4 Å². The summed E-state index contributed by atoms with van der Waals surface area (Å²) in [6.45, 7) is 0.715. The third kappa shape index (κ3) is 5.35. The summed E-state index contributed by atoms with van der Waals surface area (Å²) in [5, 5.41) is 5.52. The van der Waals surface area contributed by atoms with Crippen LogP contribution in [0.25, 0.3) is 0 Å². The summed E-state index contributed by atoms with van der Waals surface area (Å²) >= 11 is 0. The fourth-order valence-electron chi connectivity index (χ4n) is 2.96. The Kier molecular flexibility index (Phi) is 6.47. The van der Waals surface area contributed by atoms with Crippen LogP contribution in [0.15, 0.2) is 78.9 Å². The lowest BCUT2D eigenvalue weighted by molar-refractivity contribution is 0.102. The number of methoxy groups -OCH3 is 1. The maximum absolute atomic E-state index is 12.8. The van der Waals surface area contributed by atoms with Crippen molar-refractivity contribution in [2.24, 2.45) is 0 Å². The molecule has 0 bridgehead atoms. The zero-order chi connectivity index (χ0) is 20.6. The van der Waals surface area contributed by atoms with Crippen LogP contribution >= 0.6 is 0 Å². The van der Waals surface area contributed by atoms with E-state index in [0.29, 0.717) is 23.5 Å². The van der Waals surface area contributed by atoms with E-state index in [-0.39, 0.29) is 5.91 Å². The van der Waals surface area contributed by atoms with Gasteiger partial charge in [-0.2, -0.15) is 0 Å². The summed E-state index contributed by atoms with van der Waals surface area (Å²) in [6, 6.07) is 24.5. The number of para-hydroxylation sites is 2. The number of rotatable bonds is 6. The summed E-state index contributed by atoms with van der Waals surface area (Å²) in [4.78, 5) is 26.2. The number of ether oxygens (including phenoxy) is 1. The van der Waals surface area contributed by atoms with Gasteiger partial charge in [0.25, 0.3) is 5.91 Å². The van der Waals surface area contributed by atoms with Crippen molar-refractivity contribution in [3.8, 4) is 0 Å². The zero-order valence-corrected chi connectivity index (χ0v) is 16.4. The highest BCUT2D eigenvalue weighted by atomic mass is 16.5. The molecule has 0 radical (unpaired) electrons. The highest BCUT2D eigenvalue weighted by Crippen LogP contribution is 2.26. The topological polar surface area (TPSA) is 70.7 Å². The first-order valence-corrected chi connectivity index (χ1v) is 9.17. The Labute approximate surface area is 170 Å². The minimum absolute atomic E-state index is 0.265. The summed E-state index contributed by atoms with van der Waals surface area (Å²) < 4.78 is 4.58. The molecule has 0 saturated carbocycles. The number of carbonyl (C=O) groups is 2. The van der Waals surface area contributed by atoms with Crippen LogP contribution in [0.4, 0.5) is 21.9 Å². The van der Waals surface area contributed by atoms with Crippen molar-refractivity contribution >= 4 is 29.1 Å². The Balaban J connectivity index is 1.76. The van der Waals surface area contributed by atoms with Crippen LogP contribution in [0.1, 0.15) is 15.9 Å². The van der Waals surface area contributed by atoms with Crippen LogP contribution in [-0.4, -0.2) is 26.2 Å². The number of hydrogen-bond donors (Lipinski definition) is 2. The van der Waals surface area contributed by atoms with Crippen molar-refractivity contribution in [2.75, 3.05) is 29.7 Å². The van der Waals surface area contributed by atoms with E-state index < -0.39 is 6.09 Å². The molecule has 3 rings (SSSR count). The van der Waals surface area contributed by atoms with Gasteiger partial charge < -0.3 is 15.0 Å². The molecule has 0 fully saturated rings. The first kappa shape index (κ1) is 19.9. The smallest absolute Gasteiger partial charge is 0.411 e. The molecule has 6 nitrogen and oxygen atoms in total. The van der Waals surface area contributed by atoms with Crippen LogP contribution in [0.2, 0.25) is 0 Å². The molecule has 2 amide bonds. The second-order valence-corrected chi connectivity index (χ2v) is 6.51. The van der Waals surface area contributed by atoms with Gasteiger partial charge in [0.05, 0.1) is 18.5 Å². The Morgan fingerprint density at radius 2 is 1.62 bits per heavy atom. The summed E-state index contributed by atoms with van der Waals surface area (Å²) in [6.07, 6.45) is -0.588. The number of nitrogens with one attached hydrogen (secondary N) is 2. The molecule has 0 aliphatic carbocycles. The van der Waals surface area contributed by atoms with Crippen LogP contribution < -0.4 is 15.5 Å². The standard InChI is InChI=1S/C23H23N3O3/c1-26(16-17-9-4-3-5-10-17)21-14-7-6-13-20(21)25-22(27)18-11-8-12-19(15-18)24-23(28)29-2/h3-15H,16H2,1-2H3,(H,24,28)(H,25,27). The van der Waals surface area contributed by atoms with Gasteiger partial charge in [0.15, 0.2) is 0 Å². The molecule has 148 valence electrons. The first-order valence-electron chi connectivity index (χ1n) is 9.17. The van der Waals surface area contributed by atoms with E-state index in [1.807, 2.05) is 49.5 Å². The molecule has 6 heteroatoms. The monoisotopic (exact) mass is 389 g/mol. The van der Waals surface area contributed by atoms with Gasteiger partial charge in [-0.15, -0.1) is 0 Å². The largest absolute Gasteiger partial charge is 0.453 e. The van der Waals surface area contributed by atoms with Gasteiger partial charge in [0.2, 0.25) is 0 Å². The molecular formula is C23H23N3O3. The number of amides is 2. The maximum Gasteiger partial charge on any atom is 0.411 e. The lowest BCUT2D eigenvalue weighted by Gasteiger charge is -2.23. The minimum Gasteiger partial charge on any atom is -0.453 e. The number of benzene rings is 3. The normalized spacial score (nSPS) is 10.1. The molecule has 2 N–H and O–H groups in total. The van der Waals surface area contributed by atoms with Gasteiger partial charge in [0.1, 0.15) is 0 Å². The highest BCUT2D eigenvalue weighted by molar-refractivity contribution is 6.06. The Morgan fingerprint density at radius 1 is 0.897 bits per heavy atom. The molecule has 0 aliphatic rings. The van der Waals surface area contributed by atoms with E-state index in [1.165, 1.54) is 12.7 Å². The molecule has 0 unspecified atom stereocenters. The fourth-order valence-corrected chi connectivity index (χ4v) is 2.96. The third-order valence-electron chi connectivity index (χ3n) is 4.38. The molecule has 0 heterocycles. The van der Waals surface area contributed by atoms with E-state index >= 15 is 0 Å². The number of anilines is 3. The lowest BCUT2D eigenvalue weighted by atomic mass is 10.1. The van der Waals surface area contributed by atoms with Crippen LogP contribution in [0.5, 0.6) is 0 Å². The fraction of sp³-hybridized carbons (Fsp3) is 0.130. The molecule has 0 spiro atoms. The van der Waals surface area contributed by atoms with Gasteiger partial charge in [-0.05, 0) is 35.9 Å². The van der Waals surface area contributed by atoms with Crippen LogP contribution in [0, 0.1) is 0 Å². The van der Waals surface area contributed by atoms with Crippen molar-refractivity contribution in [2.45, 2.75) is 6.54 Å². The zero-order valence-electron chi connectivity index (χ0n) is 16.4. The molecule has 29 heavy (non-hydrogen) atoms. The van der Waals surface area contributed by atoms with Gasteiger partial charge in [0, 0.05) is 24.8 Å². The molecule has 0 atom stereocenters. The van der Waals surface area contributed by atoms with E-state index in [1.54, 1.807) is 24.3 Å². The van der Waals surface area contributed by atoms with Gasteiger partial charge >= 0.3 is 6.09 Å². The van der Waals surface area contributed by atoms with Gasteiger partial charge in [-0.25, -0.2) is 4.79 Å². The number of carbonyl (C=O) groups excluding carboxylic acids is 2. The summed E-state index contributed by atoms with van der Waals surface area (Å²) in [5.74, 6) is -0.265. The van der Waals surface area contributed by atoms with Crippen molar-refractivity contribution in [1.82, 2.24) is 0 Å². The van der Waals surface area contributed by atoms with Gasteiger partial charge in [-0.3, -0.25) is 10.1 Å². The number of hydrogen-bond acceptors (Lipinski definition) is 4. The SMILES string of the molecule is COC(=O)Nc1cccc(C(=O)Nc2ccccc2N(C)Cc2ccccc2)c1. The quantitative estimate of drug-likeness (QED) is 0.638. The second kappa shape index (κ2) is 9.41. The average Bonchev–Trinajstić information content (AvgIpc) is 2.75. The van der Waals surface area contributed by atoms with Crippen molar-refractivity contribution in [1.29, 1.82) is 0 Å². The van der Waals surface area contributed by atoms with Crippen LogP contribution in [0.3, 0.4) is 0 Å². The highest BCUT2D eigenvalue weighted by Gasteiger charge is 2.13. The number of nitrogens with zero attached hydrogens (tertiary/aromatic N) is 1. The lowest BCUT2D eigenvalue weighted by Crippen LogP contribution is -2.20. The van der Waals surface area contributed by atoms with E-state index in [0.717, 1.165) is 5.69 Å². The predicted octanol–water partition coefficient (Wildman–Crippen LogP) is 4.75. The van der Waals surface area contributed by atoms with Gasteiger partial charge in [-0.1, -0.05) is 48.5 Å². The molecule has 3 aromatic rings. The Bertz CT molecular complexity index is 989. The summed E-state index contributed by atoms with van der Waals surface area (Å²) in [5.41, 5.74) is 3.71. The van der Waals surface area contributed by atoms with Crippen molar-refractivity contribution in [3.05, 3.63) is 90.0 Å². The second-order valence-electron chi connectivity index (χ2n) is 6.51. The van der Waals surface area contributed by atoms with E-state index in [4.69, 9.17) is 0 Å².